The van der Waals surface area contributed by atoms with E-state index < -0.39 is 0 Å². The number of benzene rings is 1. The van der Waals surface area contributed by atoms with Crippen LogP contribution in [0, 0.1) is 13.8 Å². The summed E-state index contributed by atoms with van der Waals surface area (Å²) in [6.07, 6.45) is 0.825. The highest BCUT2D eigenvalue weighted by Gasteiger charge is 2.15. The van der Waals surface area contributed by atoms with Gasteiger partial charge in [0, 0.05) is 24.0 Å². The molecule has 0 saturated heterocycles. The number of aryl methyl sites for hydroxylation is 2. The molecule has 3 aromatic rings. The van der Waals surface area contributed by atoms with E-state index in [2.05, 4.69) is 32.3 Å². The van der Waals surface area contributed by atoms with Gasteiger partial charge in [-0.2, -0.15) is 0 Å². The summed E-state index contributed by atoms with van der Waals surface area (Å²) in [5.41, 5.74) is 3.73. The third-order valence-electron chi connectivity index (χ3n) is 4.05. The van der Waals surface area contributed by atoms with Crippen LogP contribution in [0.1, 0.15) is 26.6 Å². The van der Waals surface area contributed by atoms with Crippen molar-refractivity contribution in [1.82, 2.24) is 20.1 Å². The maximum absolute atomic E-state index is 12.6. The van der Waals surface area contributed by atoms with Gasteiger partial charge in [0.1, 0.15) is 5.01 Å². The molecule has 6 nitrogen and oxygen atoms in total. The normalized spacial score (nSPS) is 11.4. The van der Waals surface area contributed by atoms with E-state index in [0.29, 0.717) is 10.7 Å². The number of hydrogen-bond donors (Lipinski definition) is 2. The molecule has 126 valence electrons. The monoisotopic (exact) mass is 343 g/mol. The van der Waals surface area contributed by atoms with Crippen LogP contribution in [0.3, 0.4) is 0 Å². The summed E-state index contributed by atoms with van der Waals surface area (Å²) in [6, 6.07) is 5.75. The second kappa shape index (κ2) is 6.70. The first-order valence-electron chi connectivity index (χ1n) is 7.82. The Kier molecular flexibility index (Phi) is 4.64. The number of carbonyl (C=O) groups is 1. The van der Waals surface area contributed by atoms with Gasteiger partial charge in [-0.25, -0.2) is 0 Å². The molecule has 0 aliphatic rings. The van der Waals surface area contributed by atoms with Crippen molar-refractivity contribution < 1.29 is 4.79 Å². The molecular weight excluding hydrogens is 322 g/mol. The van der Waals surface area contributed by atoms with E-state index in [0.717, 1.165) is 34.6 Å². The quantitative estimate of drug-likeness (QED) is 0.747. The molecule has 1 amide bonds. The summed E-state index contributed by atoms with van der Waals surface area (Å²) in [4.78, 5) is 18.0. The smallest absolute Gasteiger partial charge is 0.259 e. The van der Waals surface area contributed by atoms with E-state index in [-0.39, 0.29) is 5.91 Å². The predicted octanol–water partition coefficient (Wildman–Crippen LogP) is 2.99. The maximum Gasteiger partial charge on any atom is 0.259 e. The summed E-state index contributed by atoms with van der Waals surface area (Å²) in [7, 11) is 4.04. The Hall–Kier alpha value is -2.25. The van der Waals surface area contributed by atoms with Crippen molar-refractivity contribution >= 4 is 33.3 Å². The molecule has 2 N–H and O–H groups in total. The first-order valence-corrected chi connectivity index (χ1v) is 8.63. The van der Waals surface area contributed by atoms with Crippen LogP contribution in [0.15, 0.2) is 18.2 Å². The predicted molar refractivity (Wildman–Crippen MR) is 97.9 cm³/mol. The van der Waals surface area contributed by atoms with Gasteiger partial charge in [0.15, 0.2) is 0 Å². The highest BCUT2D eigenvalue weighted by Crippen LogP contribution is 2.25. The largest absolute Gasteiger partial charge is 0.358 e. The second-order valence-electron chi connectivity index (χ2n) is 6.11. The lowest BCUT2D eigenvalue weighted by Gasteiger charge is -2.05. The molecule has 0 aliphatic carbocycles. The Balaban J connectivity index is 1.79. The number of nitrogens with zero attached hydrogens (tertiary/aromatic N) is 3. The van der Waals surface area contributed by atoms with E-state index in [1.165, 1.54) is 16.9 Å². The van der Waals surface area contributed by atoms with Crippen LogP contribution in [0.5, 0.6) is 0 Å². The van der Waals surface area contributed by atoms with Crippen LogP contribution in [0.25, 0.3) is 10.9 Å². The van der Waals surface area contributed by atoms with E-state index in [4.69, 9.17) is 0 Å². The standard InChI is InChI=1S/C17H21N5OS/c1-10-11(2)18-15-12(10)6-5-7-13(15)16(23)19-17-21-20-14(24-17)8-9-22(3)4/h5-7,18H,8-9H2,1-4H3,(H,19,21,23). The number of likely N-dealkylation sites (N-methyl/N-ethyl adjacent to an activating group) is 1. The van der Waals surface area contributed by atoms with Gasteiger partial charge in [0.25, 0.3) is 5.91 Å². The second-order valence-corrected chi connectivity index (χ2v) is 7.17. The fourth-order valence-corrected chi connectivity index (χ4v) is 3.28. The Bertz CT molecular complexity index is 880. The third kappa shape index (κ3) is 3.32. The van der Waals surface area contributed by atoms with Gasteiger partial charge in [-0.05, 0) is 39.6 Å². The number of amides is 1. The summed E-state index contributed by atoms with van der Waals surface area (Å²) in [5.74, 6) is -0.169. The van der Waals surface area contributed by atoms with Crippen molar-refractivity contribution in [3.8, 4) is 0 Å². The average molecular weight is 343 g/mol. The third-order valence-corrected chi connectivity index (χ3v) is 4.95. The number of nitrogens with one attached hydrogen (secondary N) is 2. The van der Waals surface area contributed by atoms with Crippen molar-refractivity contribution in [2.75, 3.05) is 26.0 Å². The molecule has 1 aromatic carbocycles. The number of anilines is 1. The molecule has 0 fully saturated rings. The van der Waals surface area contributed by atoms with Crippen LogP contribution < -0.4 is 5.32 Å². The summed E-state index contributed by atoms with van der Waals surface area (Å²) in [5, 5.41) is 13.6. The molecule has 0 bridgehead atoms. The van der Waals surface area contributed by atoms with Crippen LogP contribution >= 0.6 is 11.3 Å². The lowest BCUT2D eigenvalue weighted by molar-refractivity contribution is 0.102. The number of H-pyrrole nitrogens is 1. The minimum absolute atomic E-state index is 0.169. The summed E-state index contributed by atoms with van der Waals surface area (Å²) in [6.45, 7) is 4.97. The molecule has 24 heavy (non-hydrogen) atoms. The Morgan fingerprint density at radius 3 is 2.83 bits per heavy atom. The van der Waals surface area contributed by atoms with Gasteiger partial charge >= 0.3 is 0 Å². The van der Waals surface area contributed by atoms with E-state index in [1.807, 2.05) is 39.2 Å². The molecule has 0 radical (unpaired) electrons. The Morgan fingerprint density at radius 2 is 2.08 bits per heavy atom. The molecular formula is C17H21N5OS. The van der Waals surface area contributed by atoms with Crippen molar-refractivity contribution in [2.45, 2.75) is 20.3 Å². The molecule has 7 heteroatoms. The molecule has 2 heterocycles. The zero-order valence-corrected chi connectivity index (χ0v) is 15.1. The van der Waals surface area contributed by atoms with Gasteiger partial charge in [-0.15, -0.1) is 10.2 Å². The highest BCUT2D eigenvalue weighted by molar-refractivity contribution is 7.15. The number of para-hydroxylation sites is 1. The maximum atomic E-state index is 12.6. The Morgan fingerprint density at radius 1 is 1.29 bits per heavy atom. The van der Waals surface area contributed by atoms with Crippen LogP contribution in [-0.2, 0) is 6.42 Å². The number of aromatic nitrogens is 3. The van der Waals surface area contributed by atoms with Gasteiger partial charge < -0.3 is 9.88 Å². The van der Waals surface area contributed by atoms with Crippen molar-refractivity contribution in [3.05, 3.63) is 40.0 Å². The van der Waals surface area contributed by atoms with Gasteiger partial charge in [-0.1, -0.05) is 23.5 Å². The van der Waals surface area contributed by atoms with E-state index in [1.54, 1.807) is 0 Å². The van der Waals surface area contributed by atoms with Crippen molar-refractivity contribution in [2.24, 2.45) is 0 Å². The first-order chi connectivity index (χ1) is 11.5. The number of fused-ring (bicyclic) bond motifs is 1. The highest BCUT2D eigenvalue weighted by atomic mass is 32.1. The summed E-state index contributed by atoms with van der Waals surface area (Å²) < 4.78 is 0. The van der Waals surface area contributed by atoms with Crippen molar-refractivity contribution in [1.29, 1.82) is 0 Å². The molecule has 0 unspecified atom stereocenters. The van der Waals surface area contributed by atoms with Gasteiger partial charge in [-0.3, -0.25) is 10.1 Å². The molecule has 0 aliphatic heterocycles. The molecule has 0 saturated carbocycles. The van der Waals surface area contributed by atoms with Crippen LogP contribution in [0.4, 0.5) is 5.13 Å². The van der Waals surface area contributed by atoms with Crippen LogP contribution in [-0.4, -0.2) is 46.6 Å². The number of hydrogen-bond acceptors (Lipinski definition) is 5. The summed E-state index contributed by atoms with van der Waals surface area (Å²) >= 11 is 1.42. The molecule has 0 spiro atoms. The molecule has 2 aromatic heterocycles. The SMILES string of the molecule is Cc1[nH]c2c(C(=O)Nc3nnc(CCN(C)C)s3)cccc2c1C. The molecule has 0 atom stereocenters. The fourth-order valence-electron chi connectivity index (χ4n) is 2.56. The number of aromatic amines is 1. The molecule has 3 rings (SSSR count). The zero-order valence-electron chi connectivity index (χ0n) is 14.3. The minimum atomic E-state index is -0.169. The minimum Gasteiger partial charge on any atom is -0.358 e. The Labute approximate surface area is 144 Å². The number of carbonyl (C=O) groups excluding carboxylic acids is 1. The fraction of sp³-hybridized carbons (Fsp3) is 0.353. The average Bonchev–Trinajstić information content (AvgIpc) is 3.10. The zero-order chi connectivity index (χ0) is 17.3. The van der Waals surface area contributed by atoms with E-state index >= 15 is 0 Å². The topological polar surface area (TPSA) is 73.9 Å². The lowest BCUT2D eigenvalue weighted by Crippen LogP contribution is -2.14. The number of rotatable bonds is 5. The van der Waals surface area contributed by atoms with Gasteiger partial charge in [0.2, 0.25) is 5.13 Å². The van der Waals surface area contributed by atoms with Crippen molar-refractivity contribution in [3.63, 3.8) is 0 Å². The first kappa shape index (κ1) is 16.6. The van der Waals surface area contributed by atoms with Crippen LogP contribution in [0.2, 0.25) is 0 Å². The lowest BCUT2D eigenvalue weighted by atomic mass is 10.1. The van der Waals surface area contributed by atoms with E-state index in [9.17, 15) is 4.79 Å². The van der Waals surface area contributed by atoms with Gasteiger partial charge in [0.05, 0.1) is 11.1 Å².